The third-order valence-electron chi connectivity index (χ3n) is 2.68. The lowest BCUT2D eigenvalue weighted by atomic mass is 10.2. The number of aliphatic carboxylic acids is 1. The van der Waals surface area contributed by atoms with E-state index < -0.39 is 12.6 Å². The Morgan fingerprint density at radius 3 is 2.50 bits per heavy atom. The minimum Gasteiger partial charge on any atom is -0.481 e. The van der Waals surface area contributed by atoms with Crippen LogP contribution in [0.15, 0.2) is 59.7 Å². The predicted octanol–water partition coefficient (Wildman–Crippen LogP) is 1.91. The molecule has 0 aliphatic rings. The average molecular weight is 298 g/mol. The van der Waals surface area contributed by atoms with Crippen LogP contribution in [0.4, 0.5) is 0 Å². The molecule has 0 fully saturated rings. The molecule has 22 heavy (non-hydrogen) atoms. The molecule has 0 saturated carbocycles. The summed E-state index contributed by atoms with van der Waals surface area (Å²) in [6, 6.07) is 15.5. The van der Waals surface area contributed by atoms with Gasteiger partial charge in [0.2, 0.25) is 0 Å². The first-order valence-electron chi connectivity index (χ1n) is 6.49. The van der Waals surface area contributed by atoms with E-state index in [9.17, 15) is 9.59 Å². The summed E-state index contributed by atoms with van der Waals surface area (Å²) in [6.07, 6.45) is 1.40. The molecule has 2 rings (SSSR count). The molecule has 0 heterocycles. The molecule has 112 valence electrons. The van der Waals surface area contributed by atoms with Crippen molar-refractivity contribution in [3.8, 4) is 5.75 Å². The third kappa shape index (κ3) is 4.45. The van der Waals surface area contributed by atoms with Crippen molar-refractivity contribution in [2.24, 2.45) is 5.10 Å². The zero-order valence-corrected chi connectivity index (χ0v) is 11.6. The number of ether oxygens (including phenoxy) is 1. The number of nitrogens with one attached hydrogen (secondary N) is 1. The molecule has 0 saturated heterocycles. The van der Waals surface area contributed by atoms with Gasteiger partial charge in [-0.1, -0.05) is 30.3 Å². The van der Waals surface area contributed by atoms with Crippen molar-refractivity contribution >= 4 is 18.1 Å². The van der Waals surface area contributed by atoms with Crippen molar-refractivity contribution < 1.29 is 19.4 Å². The number of hydrogen-bond acceptors (Lipinski definition) is 4. The van der Waals surface area contributed by atoms with Gasteiger partial charge in [0.25, 0.3) is 5.91 Å². The van der Waals surface area contributed by atoms with Crippen LogP contribution in [-0.4, -0.2) is 29.8 Å². The van der Waals surface area contributed by atoms with Gasteiger partial charge >= 0.3 is 5.97 Å². The van der Waals surface area contributed by atoms with Gasteiger partial charge in [-0.25, -0.2) is 10.2 Å². The fraction of sp³-hybridized carbons (Fsp3) is 0.0625. The Hall–Kier alpha value is -3.15. The Morgan fingerprint density at radius 2 is 1.77 bits per heavy atom. The Balaban J connectivity index is 2.01. The molecule has 0 aliphatic heterocycles. The molecule has 6 heteroatoms. The second kappa shape index (κ2) is 7.58. The minimum atomic E-state index is -1.07. The number of hydrazone groups is 1. The van der Waals surface area contributed by atoms with Crippen LogP contribution in [0, 0.1) is 0 Å². The van der Waals surface area contributed by atoms with E-state index in [0.29, 0.717) is 16.9 Å². The van der Waals surface area contributed by atoms with Crippen LogP contribution in [0.2, 0.25) is 0 Å². The first kappa shape index (κ1) is 15.2. The number of carbonyl (C=O) groups excluding carboxylic acids is 1. The van der Waals surface area contributed by atoms with E-state index in [1.54, 1.807) is 48.5 Å². The van der Waals surface area contributed by atoms with E-state index >= 15 is 0 Å². The predicted molar refractivity (Wildman–Crippen MR) is 81.1 cm³/mol. The van der Waals surface area contributed by atoms with Crippen LogP contribution < -0.4 is 10.2 Å². The quantitative estimate of drug-likeness (QED) is 0.630. The van der Waals surface area contributed by atoms with Crippen LogP contribution in [-0.2, 0) is 4.79 Å². The highest BCUT2D eigenvalue weighted by Gasteiger charge is 2.04. The Morgan fingerprint density at radius 1 is 1.09 bits per heavy atom. The van der Waals surface area contributed by atoms with Crippen molar-refractivity contribution in [2.75, 3.05) is 6.61 Å². The lowest BCUT2D eigenvalue weighted by Gasteiger charge is -2.06. The summed E-state index contributed by atoms with van der Waals surface area (Å²) < 4.78 is 5.14. The van der Waals surface area contributed by atoms with Crippen LogP contribution in [0.1, 0.15) is 15.9 Å². The number of hydrogen-bond donors (Lipinski definition) is 2. The number of carboxylic acid groups (broad SMARTS) is 1. The molecule has 0 aliphatic carbocycles. The summed E-state index contributed by atoms with van der Waals surface area (Å²) in [7, 11) is 0. The maximum atomic E-state index is 11.8. The van der Waals surface area contributed by atoms with Crippen LogP contribution in [0.25, 0.3) is 0 Å². The Labute approximate surface area is 127 Å². The van der Waals surface area contributed by atoms with Gasteiger partial charge < -0.3 is 9.84 Å². The SMILES string of the molecule is O=C(O)COc1ccccc1C=NNC(=O)c1ccccc1. The topological polar surface area (TPSA) is 88.0 Å². The van der Waals surface area contributed by atoms with Crippen molar-refractivity contribution in [1.82, 2.24) is 5.43 Å². The highest BCUT2D eigenvalue weighted by molar-refractivity contribution is 5.95. The van der Waals surface area contributed by atoms with E-state index in [1.165, 1.54) is 6.21 Å². The van der Waals surface area contributed by atoms with Crippen molar-refractivity contribution in [3.63, 3.8) is 0 Å². The van der Waals surface area contributed by atoms with Crippen LogP contribution in [0.5, 0.6) is 5.75 Å². The fourth-order valence-electron chi connectivity index (χ4n) is 1.67. The van der Waals surface area contributed by atoms with E-state index in [-0.39, 0.29) is 5.91 Å². The third-order valence-corrected chi connectivity index (χ3v) is 2.68. The van der Waals surface area contributed by atoms with E-state index in [1.807, 2.05) is 6.07 Å². The molecule has 6 nitrogen and oxygen atoms in total. The van der Waals surface area contributed by atoms with Gasteiger partial charge in [-0.15, -0.1) is 0 Å². The standard InChI is InChI=1S/C16H14N2O4/c19-15(20)11-22-14-9-5-4-8-13(14)10-17-18-16(21)12-6-2-1-3-7-12/h1-10H,11H2,(H,18,21)(H,19,20). The fourth-order valence-corrected chi connectivity index (χ4v) is 1.67. The molecule has 0 bridgehead atoms. The van der Waals surface area contributed by atoms with E-state index in [4.69, 9.17) is 9.84 Å². The number of benzene rings is 2. The molecule has 0 aromatic heterocycles. The molecule has 2 aromatic carbocycles. The van der Waals surface area contributed by atoms with Crippen molar-refractivity contribution in [1.29, 1.82) is 0 Å². The lowest BCUT2D eigenvalue weighted by molar-refractivity contribution is -0.139. The second-order valence-corrected chi connectivity index (χ2v) is 4.29. The summed E-state index contributed by atoms with van der Waals surface area (Å²) >= 11 is 0. The smallest absolute Gasteiger partial charge is 0.341 e. The lowest BCUT2D eigenvalue weighted by Crippen LogP contribution is -2.17. The second-order valence-electron chi connectivity index (χ2n) is 4.29. The molecule has 0 unspecified atom stereocenters. The number of rotatable bonds is 6. The maximum absolute atomic E-state index is 11.8. The summed E-state index contributed by atoms with van der Waals surface area (Å²) in [4.78, 5) is 22.3. The van der Waals surface area contributed by atoms with Crippen molar-refractivity contribution in [2.45, 2.75) is 0 Å². The van der Waals surface area contributed by atoms with Gasteiger partial charge in [0.15, 0.2) is 6.61 Å². The molecular weight excluding hydrogens is 284 g/mol. The molecule has 2 N–H and O–H groups in total. The summed E-state index contributed by atoms with van der Waals surface area (Å²) in [6.45, 7) is -0.443. The van der Waals surface area contributed by atoms with Crippen molar-refractivity contribution in [3.05, 3.63) is 65.7 Å². The monoisotopic (exact) mass is 298 g/mol. The zero-order valence-electron chi connectivity index (χ0n) is 11.6. The summed E-state index contributed by atoms with van der Waals surface area (Å²) in [5.41, 5.74) is 3.46. The van der Waals surface area contributed by atoms with Gasteiger partial charge in [-0.2, -0.15) is 5.10 Å². The van der Waals surface area contributed by atoms with Crippen LogP contribution in [0.3, 0.4) is 0 Å². The molecule has 0 atom stereocenters. The average Bonchev–Trinajstić information content (AvgIpc) is 2.54. The summed E-state index contributed by atoms with van der Waals surface area (Å²) in [5, 5.41) is 12.5. The molecule has 0 spiro atoms. The van der Waals surface area contributed by atoms with Crippen LogP contribution >= 0.6 is 0 Å². The largest absolute Gasteiger partial charge is 0.481 e. The number of amides is 1. The van der Waals surface area contributed by atoms with E-state index in [0.717, 1.165) is 0 Å². The number of para-hydroxylation sites is 1. The molecule has 0 radical (unpaired) electrons. The Bertz CT molecular complexity index is 684. The van der Waals surface area contributed by atoms with E-state index in [2.05, 4.69) is 10.5 Å². The first-order chi connectivity index (χ1) is 10.7. The van der Waals surface area contributed by atoms with Gasteiger partial charge in [-0.3, -0.25) is 4.79 Å². The molecule has 2 aromatic rings. The van der Waals surface area contributed by atoms with Gasteiger partial charge in [0.1, 0.15) is 5.75 Å². The van der Waals surface area contributed by atoms with Gasteiger partial charge in [-0.05, 0) is 24.3 Å². The molecular formula is C16H14N2O4. The van der Waals surface area contributed by atoms with Gasteiger partial charge in [0.05, 0.1) is 6.21 Å². The Kier molecular flexibility index (Phi) is 5.25. The molecule has 1 amide bonds. The number of carboxylic acids is 1. The maximum Gasteiger partial charge on any atom is 0.341 e. The number of nitrogens with zero attached hydrogens (tertiary/aromatic N) is 1. The highest BCUT2D eigenvalue weighted by Crippen LogP contribution is 2.15. The zero-order chi connectivity index (χ0) is 15.8. The summed E-state index contributed by atoms with van der Waals surface area (Å²) in [5.74, 6) is -1.02. The normalized spacial score (nSPS) is 10.4. The van der Waals surface area contributed by atoms with Gasteiger partial charge in [0, 0.05) is 11.1 Å². The first-order valence-corrected chi connectivity index (χ1v) is 6.49. The highest BCUT2D eigenvalue weighted by atomic mass is 16.5. The number of carbonyl (C=O) groups is 2. The minimum absolute atomic E-state index is 0.333.